The molecule has 4 atom stereocenters. The summed E-state index contributed by atoms with van der Waals surface area (Å²) < 4.78 is 0. The lowest BCUT2D eigenvalue weighted by molar-refractivity contribution is -0.0999. The van der Waals surface area contributed by atoms with Crippen molar-refractivity contribution in [3.8, 4) is 0 Å². The Labute approximate surface area is 121 Å². The summed E-state index contributed by atoms with van der Waals surface area (Å²) in [5.74, 6) is -0.510. The molecule has 0 radical (unpaired) electrons. The third-order valence-corrected chi connectivity index (χ3v) is 2.71. The van der Waals surface area contributed by atoms with Crippen LogP contribution in [0.25, 0.3) is 0 Å². The number of hydrogen-bond acceptors (Lipinski definition) is 7. The van der Waals surface area contributed by atoms with Gasteiger partial charge in [0, 0.05) is 5.56 Å². The monoisotopic (exact) mass is 298 g/mol. The molecule has 1 amide bonds. The summed E-state index contributed by atoms with van der Waals surface area (Å²) >= 11 is 0. The Morgan fingerprint density at radius 1 is 1.14 bits per heavy atom. The summed E-state index contributed by atoms with van der Waals surface area (Å²) in [5.41, 5.74) is 2.49. The first-order valence-corrected chi connectivity index (χ1v) is 6.19. The van der Waals surface area contributed by atoms with Crippen molar-refractivity contribution < 1.29 is 30.3 Å². The van der Waals surface area contributed by atoms with E-state index in [2.05, 4.69) is 10.5 Å². The van der Waals surface area contributed by atoms with Gasteiger partial charge >= 0.3 is 0 Å². The highest BCUT2D eigenvalue weighted by atomic mass is 16.4. The maximum absolute atomic E-state index is 11.6. The molecule has 0 unspecified atom stereocenters. The number of hydrogen-bond donors (Lipinski definition) is 6. The highest BCUT2D eigenvalue weighted by Crippen LogP contribution is 2.03. The van der Waals surface area contributed by atoms with Crippen LogP contribution in [0.3, 0.4) is 0 Å². The molecule has 0 aromatic heterocycles. The Kier molecular flexibility index (Phi) is 6.92. The largest absolute Gasteiger partial charge is 0.394 e. The Morgan fingerprint density at radius 2 is 1.76 bits per heavy atom. The average molecular weight is 298 g/mol. The van der Waals surface area contributed by atoms with Crippen LogP contribution in [-0.2, 0) is 0 Å². The first-order chi connectivity index (χ1) is 9.97. The molecule has 0 spiro atoms. The predicted molar refractivity (Wildman–Crippen MR) is 73.5 cm³/mol. The van der Waals surface area contributed by atoms with Crippen LogP contribution in [0.1, 0.15) is 10.4 Å². The summed E-state index contributed by atoms with van der Waals surface area (Å²) in [5, 5.41) is 49.6. The molecule has 0 bridgehead atoms. The van der Waals surface area contributed by atoms with Gasteiger partial charge in [-0.25, -0.2) is 5.43 Å². The van der Waals surface area contributed by atoms with Gasteiger partial charge in [-0.2, -0.15) is 5.10 Å². The fourth-order valence-corrected chi connectivity index (χ4v) is 1.45. The average Bonchev–Trinajstić information content (AvgIpc) is 2.53. The van der Waals surface area contributed by atoms with Crippen LogP contribution in [-0.4, -0.2) is 68.7 Å². The van der Waals surface area contributed by atoms with Gasteiger partial charge < -0.3 is 25.5 Å². The third kappa shape index (κ3) is 5.21. The molecule has 0 saturated carbocycles. The maximum Gasteiger partial charge on any atom is 0.271 e. The number of hydrazone groups is 1. The van der Waals surface area contributed by atoms with Crippen molar-refractivity contribution in [1.82, 2.24) is 5.43 Å². The van der Waals surface area contributed by atoms with Gasteiger partial charge in [0.15, 0.2) is 0 Å². The first kappa shape index (κ1) is 17.2. The lowest BCUT2D eigenvalue weighted by Gasteiger charge is -2.23. The second-order valence-electron chi connectivity index (χ2n) is 4.31. The first-order valence-electron chi connectivity index (χ1n) is 6.19. The van der Waals surface area contributed by atoms with E-state index >= 15 is 0 Å². The van der Waals surface area contributed by atoms with Gasteiger partial charge in [-0.1, -0.05) is 18.2 Å². The number of aliphatic hydroxyl groups excluding tert-OH is 5. The lowest BCUT2D eigenvalue weighted by atomic mass is 10.0. The molecule has 8 heteroatoms. The topological polar surface area (TPSA) is 143 Å². The number of amides is 1. The van der Waals surface area contributed by atoms with Crippen LogP contribution >= 0.6 is 0 Å². The van der Waals surface area contributed by atoms with Gasteiger partial charge in [0.05, 0.1) is 12.8 Å². The summed E-state index contributed by atoms with van der Waals surface area (Å²) in [6, 6.07) is 8.22. The van der Waals surface area contributed by atoms with Crippen molar-refractivity contribution in [1.29, 1.82) is 0 Å². The van der Waals surface area contributed by atoms with E-state index in [-0.39, 0.29) is 0 Å². The minimum atomic E-state index is -1.76. The molecule has 0 aliphatic heterocycles. The van der Waals surface area contributed by atoms with Gasteiger partial charge in [0.2, 0.25) is 0 Å². The third-order valence-electron chi connectivity index (χ3n) is 2.71. The van der Waals surface area contributed by atoms with E-state index in [9.17, 15) is 20.1 Å². The van der Waals surface area contributed by atoms with E-state index in [1.54, 1.807) is 30.3 Å². The molecule has 8 nitrogen and oxygen atoms in total. The number of nitrogens with zero attached hydrogens (tertiary/aromatic N) is 1. The van der Waals surface area contributed by atoms with E-state index < -0.39 is 36.9 Å². The minimum Gasteiger partial charge on any atom is -0.394 e. The second-order valence-corrected chi connectivity index (χ2v) is 4.31. The fourth-order valence-electron chi connectivity index (χ4n) is 1.45. The molecule has 1 rings (SSSR count). The molecule has 1 aromatic carbocycles. The molecule has 0 fully saturated rings. The van der Waals surface area contributed by atoms with Gasteiger partial charge in [0.1, 0.15) is 24.4 Å². The van der Waals surface area contributed by atoms with Gasteiger partial charge in [-0.3, -0.25) is 4.79 Å². The van der Waals surface area contributed by atoms with Crippen LogP contribution in [0.15, 0.2) is 35.4 Å². The molecule has 116 valence electrons. The number of carbonyl (C=O) groups excluding carboxylic acids is 1. The van der Waals surface area contributed by atoms with Crippen LogP contribution in [0.4, 0.5) is 0 Å². The molecule has 0 aliphatic carbocycles. The molecule has 0 saturated heterocycles. The molecular weight excluding hydrogens is 280 g/mol. The van der Waals surface area contributed by atoms with Crippen LogP contribution < -0.4 is 5.43 Å². The highest BCUT2D eigenvalue weighted by Gasteiger charge is 2.29. The van der Waals surface area contributed by atoms with Crippen molar-refractivity contribution in [3.05, 3.63) is 35.9 Å². The minimum absolute atomic E-state index is 0.362. The van der Waals surface area contributed by atoms with E-state index in [0.29, 0.717) is 5.56 Å². The molecule has 1 aromatic rings. The van der Waals surface area contributed by atoms with Crippen molar-refractivity contribution in [2.75, 3.05) is 6.61 Å². The van der Waals surface area contributed by atoms with E-state index in [0.717, 1.165) is 6.21 Å². The van der Waals surface area contributed by atoms with E-state index in [1.165, 1.54) is 0 Å². The zero-order chi connectivity index (χ0) is 15.8. The zero-order valence-electron chi connectivity index (χ0n) is 11.1. The standard InChI is InChI=1S/C13H18N2O6/c16-7-10(18)12(20)11(19)9(17)6-14-15-13(21)8-4-2-1-3-5-8/h1-6,9-12,16-20H,7H2,(H,15,21)/b14-6+/t9-,10-,11-,12+/m0/s1. The van der Waals surface area contributed by atoms with Crippen LogP contribution in [0.5, 0.6) is 0 Å². The van der Waals surface area contributed by atoms with Crippen molar-refractivity contribution >= 4 is 12.1 Å². The molecule has 6 N–H and O–H groups in total. The number of benzene rings is 1. The Morgan fingerprint density at radius 3 is 2.33 bits per heavy atom. The number of rotatable bonds is 7. The summed E-state index contributed by atoms with van der Waals surface area (Å²) in [6.07, 6.45) is -5.93. The summed E-state index contributed by atoms with van der Waals surface area (Å²) in [6.45, 7) is -0.771. The second kappa shape index (κ2) is 8.45. The van der Waals surface area contributed by atoms with Crippen molar-refractivity contribution in [2.24, 2.45) is 5.10 Å². The van der Waals surface area contributed by atoms with Crippen LogP contribution in [0, 0.1) is 0 Å². The SMILES string of the molecule is O=C(N/N=C/[C@H](O)[C@H](O)[C@H](O)[C@@H](O)CO)c1ccccc1. The van der Waals surface area contributed by atoms with Crippen molar-refractivity contribution in [2.45, 2.75) is 24.4 Å². The fraction of sp³-hybridized carbons (Fsp3) is 0.385. The zero-order valence-corrected chi connectivity index (χ0v) is 11.1. The van der Waals surface area contributed by atoms with Gasteiger partial charge in [0.25, 0.3) is 5.91 Å². The smallest absolute Gasteiger partial charge is 0.271 e. The predicted octanol–water partition coefficient (Wildman–Crippen LogP) is -2.16. The quantitative estimate of drug-likeness (QED) is 0.250. The molecule has 21 heavy (non-hydrogen) atoms. The highest BCUT2D eigenvalue weighted by molar-refractivity contribution is 5.94. The Hall–Kier alpha value is -1.84. The normalized spacial score (nSPS) is 17.2. The van der Waals surface area contributed by atoms with Crippen molar-refractivity contribution in [3.63, 3.8) is 0 Å². The number of nitrogens with one attached hydrogen (secondary N) is 1. The van der Waals surface area contributed by atoms with E-state index in [4.69, 9.17) is 10.2 Å². The maximum atomic E-state index is 11.6. The summed E-state index contributed by atoms with van der Waals surface area (Å²) in [7, 11) is 0. The van der Waals surface area contributed by atoms with Gasteiger partial charge in [-0.05, 0) is 12.1 Å². The number of aliphatic hydroxyl groups is 5. The lowest BCUT2D eigenvalue weighted by Crippen LogP contribution is -2.46. The Bertz CT molecular complexity index is 467. The Balaban J connectivity index is 2.51. The number of carbonyl (C=O) groups is 1. The molecular formula is C13H18N2O6. The molecule has 0 heterocycles. The summed E-state index contributed by atoms with van der Waals surface area (Å²) in [4.78, 5) is 11.6. The van der Waals surface area contributed by atoms with E-state index in [1.807, 2.05) is 0 Å². The van der Waals surface area contributed by atoms with Crippen LogP contribution in [0.2, 0.25) is 0 Å². The molecule has 0 aliphatic rings. The van der Waals surface area contributed by atoms with Gasteiger partial charge in [-0.15, -0.1) is 0 Å².